The van der Waals surface area contributed by atoms with Crippen molar-refractivity contribution in [3.8, 4) is 0 Å². The summed E-state index contributed by atoms with van der Waals surface area (Å²) in [7, 11) is 0. The summed E-state index contributed by atoms with van der Waals surface area (Å²) in [6, 6.07) is 10.4. The number of rotatable bonds is 8. The van der Waals surface area contributed by atoms with Gasteiger partial charge in [0.25, 0.3) is 0 Å². The van der Waals surface area contributed by atoms with Crippen molar-refractivity contribution < 1.29 is 9.18 Å². The van der Waals surface area contributed by atoms with Gasteiger partial charge in [-0.2, -0.15) is 0 Å². The standard InChI is InChI=1S/C20H25ClFN3O/c1-4-25(5-2)16-7-9-19(14(3)12-16)24-20(26)10-11-23-15-6-8-18(22)17(21)13-15/h6-9,12-13,23H,4-5,10-11H2,1-3H3,(H,24,26). The molecule has 0 radical (unpaired) electrons. The maximum absolute atomic E-state index is 13.1. The number of amides is 1. The number of carbonyl (C=O) groups is 1. The number of nitrogens with one attached hydrogen (secondary N) is 2. The minimum absolute atomic E-state index is 0.0587. The molecule has 0 aliphatic rings. The van der Waals surface area contributed by atoms with E-state index >= 15 is 0 Å². The molecule has 0 aromatic heterocycles. The molecule has 0 aliphatic carbocycles. The zero-order chi connectivity index (χ0) is 19.1. The Morgan fingerprint density at radius 2 is 1.88 bits per heavy atom. The molecule has 2 rings (SSSR count). The SMILES string of the molecule is CCN(CC)c1ccc(NC(=O)CCNc2ccc(F)c(Cl)c2)c(C)c1. The van der Waals surface area contributed by atoms with Crippen LogP contribution in [0.5, 0.6) is 0 Å². The molecule has 26 heavy (non-hydrogen) atoms. The summed E-state index contributed by atoms with van der Waals surface area (Å²) < 4.78 is 13.1. The van der Waals surface area contributed by atoms with E-state index in [0.29, 0.717) is 18.7 Å². The Kier molecular flexibility index (Phi) is 7.27. The Labute approximate surface area is 159 Å². The first-order valence-electron chi connectivity index (χ1n) is 8.79. The van der Waals surface area contributed by atoms with E-state index in [1.807, 2.05) is 19.1 Å². The minimum Gasteiger partial charge on any atom is -0.384 e. The second kappa shape index (κ2) is 9.43. The molecule has 0 bridgehead atoms. The number of hydrogen-bond acceptors (Lipinski definition) is 3. The van der Waals surface area contributed by atoms with E-state index in [4.69, 9.17) is 11.6 Å². The van der Waals surface area contributed by atoms with E-state index in [-0.39, 0.29) is 10.9 Å². The molecule has 6 heteroatoms. The van der Waals surface area contributed by atoms with Gasteiger partial charge in [0.05, 0.1) is 5.02 Å². The summed E-state index contributed by atoms with van der Waals surface area (Å²) in [5.41, 5.74) is 3.68. The van der Waals surface area contributed by atoms with Crippen molar-refractivity contribution in [2.24, 2.45) is 0 Å². The first-order valence-corrected chi connectivity index (χ1v) is 9.16. The van der Waals surface area contributed by atoms with Crippen LogP contribution in [0.25, 0.3) is 0 Å². The van der Waals surface area contributed by atoms with Gasteiger partial charge in [-0.25, -0.2) is 4.39 Å². The lowest BCUT2D eigenvalue weighted by Crippen LogP contribution is -2.22. The summed E-state index contributed by atoms with van der Waals surface area (Å²) in [5.74, 6) is -0.539. The van der Waals surface area contributed by atoms with Crippen molar-refractivity contribution in [3.05, 3.63) is 52.8 Å². The molecule has 0 saturated heterocycles. The summed E-state index contributed by atoms with van der Waals surface area (Å²) in [6.07, 6.45) is 0.298. The number of halogens is 2. The predicted molar refractivity (Wildman–Crippen MR) is 108 cm³/mol. The van der Waals surface area contributed by atoms with Gasteiger partial charge in [-0.05, 0) is 62.7 Å². The third kappa shape index (κ3) is 5.36. The highest BCUT2D eigenvalue weighted by molar-refractivity contribution is 6.31. The maximum Gasteiger partial charge on any atom is 0.226 e. The fraction of sp³-hybridized carbons (Fsp3) is 0.350. The molecule has 4 nitrogen and oxygen atoms in total. The van der Waals surface area contributed by atoms with Crippen LogP contribution in [-0.2, 0) is 4.79 Å². The zero-order valence-electron chi connectivity index (χ0n) is 15.4. The van der Waals surface area contributed by atoms with Gasteiger partial charge >= 0.3 is 0 Å². The second-order valence-corrected chi connectivity index (χ2v) is 6.43. The Morgan fingerprint density at radius 1 is 1.15 bits per heavy atom. The van der Waals surface area contributed by atoms with Gasteiger partial charge in [0.2, 0.25) is 5.91 Å². The molecular weight excluding hydrogens is 353 g/mol. The van der Waals surface area contributed by atoms with Crippen LogP contribution < -0.4 is 15.5 Å². The average molecular weight is 378 g/mol. The minimum atomic E-state index is -0.460. The smallest absolute Gasteiger partial charge is 0.226 e. The molecule has 0 atom stereocenters. The maximum atomic E-state index is 13.1. The Bertz CT molecular complexity index is 763. The van der Waals surface area contributed by atoms with Gasteiger partial charge in [-0.3, -0.25) is 4.79 Å². The van der Waals surface area contributed by atoms with Crippen LogP contribution in [0.1, 0.15) is 25.8 Å². The van der Waals surface area contributed by atoms with Crippen molar-refractivity contribution >= 4 is 34.6 Å². The first kappa shape index (κ1) is 20.0. The lowest BCUT2D eigenvalue weighted by atomic mass is 10.1. The van der Waals surface area contributed by atoms with Crippen molar-refractivity contribution in [1.29, 1.82) is 0 Å². The predicted octanol–water partition coefficient (Wildman–Crippen LogP) is 5.07. The normalized spacial score (nSPS) is 10.5. The van der Waals surface area contributed by atoms with E-state index in [1.165, 1.54) is 12.1 Å². The molecule has 0 fully saturated rings. The van der Waals surface area contributed by atoms with E-state index in [9.17, 15) is 9.18 Å². The van der Waals surface area contributed by atoms with Crippen molar-refractivity contribution in [2.75, 3.05) is 35.2 Å². The van der Waals surface area contributed by atoms with Crippen LogP contribution in [0.3, 0.4) is 0 Å². The summed E-state index contributed by atoms with van der Waals surface area (Å²) >= 11 is 5.74. The highest BCUT2D eigenvalue weighted by Gasteiger charge is 2.08. The number of carbonyl (C=O) groups excluding carboxylic acids is 1. The van der Waals surface area contributed by atoms with Gasteiger partial charge in [-0.15, -0.1) is 0 Å². The Balaban J connectivity index is 1.88. The summed E-state index contributed by atoms with van der Waals surface area (Å²) in [5, 5.41) is 6.06. The third-order valence-electron chi connectivity index (χ3n) is 4.21. The number of nitrogens with zero attached hydrogens (tertiary/aromatic N) is 1. The fourth-order valence-corrected chi connectivity index (χ4v) is 2.89. The van der Waals surface area contributed by atoms with Crippen LogP contribution in [0, 0.1) is 12.7 Å². The number of hydrogen-bond donors (Lipinski definition) is 2. The van der Waals surface area contributed by atoms with Crippen LogP contribution >= 0.6 is 11.6 Å². The molecule has 2 aromatic carbocycles. The van der Waals surface area contributed by atoms with Crippen molar-refractivity contribution in [3.63, 3.8) is 0 Å². The van der Waals surface area contributed by atoms with Crippen LogP contribution in [0.4, 0.5) is 21.5 Å². The quantitative estimate of drug-likeness (QED) is 0.674. The molecule has 0 spiro atoms. The Hall–Kier alpha value is -2.27. The molecule has 0 aliphatic heterocycles. The monoisotopic (exact) mass is 377 g/mol. The molecule has 0 saturated carbocycles. The van der Waals surface area contributed by atoms with Crippen LogP contribution in [0.15, 0.2) is 36.4 Å². The van der Waals surface area contributed by atoms with Crippen LogP contribution in [0.2, 0.25) is 5.02 Å². The van der Waals surface area contributed by atoms with E-state index in [0.717, 1.165) is 30.0 Å². The Morgan fingerprint density at radius 3 is 2.50 bits per heavy atom. The van der Waals surface area contributed by atoms with Gasteiger partial charge in [-0.1, -0.05) is 11.6 Å². The van der Waals surface area contributed by atoms with Gasteiger partial charge in [0.1, 0.15) is 5.82 Å². The number of anilines is 3. The zero-order valence-corrected chi connectivity index (χ0v) is 16.2. The van der Waals surface area contributed by atoms with E-state index in [1.54, 1.807) is 6.07 Å². The third-order valence-corrected chi connectivity index (χ3v) is 4.50. The molecule has 1 amide bonds. The molecule has 2 aromatic rings. The highest BCUT2D eigenvalue weighted by atomic mass is 35.5. The summed E-state index contributed by atoms with van der Waals surface area (Å²) in [4.78, 5) is 14.4. The molecule has 0 heterocycles. The first-order chi connectivity index (χ1) is 12.4. The molecule has 140 valence electrons. The number of aryl methyl sites for hydroxylation is 1. The van der Waals surface area contributed by atoms with Gasteiger partial charge < -0.3 is 15.5 Å². The number of benzene rings is 2. The van der Waals surface area contributed by atoms with Gasteiger partial charge in [0.15, 0.2) is 0 Å². The van der Waals surface area contributed by atoms with E-state index in [2.05, 4.69) is 35.4 Å². The lowest BCUT2D eigenvalue weighted by molar-refractivity contribution is -0.115. The van der Waals surface area contributed by atoms with Crippen molar-refractivity contribution in [2.45, 2.75) is 27.2 Å². The van der Waals surface area contributed by atoms with Crippen molar-refractivity contribution in [1.82, 2.24) is 0 Å². The summed E-state index contributed by atoms with van der Waals surface area (Å²) in [6.45, 7) is 8.55. The largest absolute Gasteiger partial charge is 0.384 e. The fourth-order valence-electron chi connectivity index (χ4n) is 2.71. The lowest BCUT2D eigenvalue weighted by Gasteiger charge is -2.22. The molecular formula is C20H25ClFN3O. The second-order valence-electron chi connectivity index (χ2n) is 6.03. The molecule has 2 N–H and O–H groups in total. The van der Waals surface area contributed by atoms with E-state index < -0.39 is 5.82 Å². The topological polar surface area (TPSA) is 44.4 Å². The molecule has 0 unspecified atom stereocenters. The highest BCUT2D eigenvalue weighted by Crippen LogP contribution is 2.23. The average Bonchev–Trinajstić information content (AvgIpc) is 2.61. The van der Waals surface area contributed by atoms with Gasteiger partial charge in [0, 0.05) is 43.1 Å². The van der Waals surface area contributed by atoms with Crippen LogP contribution in [-0.4, -0.2) is 25.5 Å².